The van der Waals surface area contributed by atoms with Gasteiger partial charge in [0.05, 0.1) is 6.54 Å². The number of rotatable bonds is 11. The monoisotopic (exact) mass is 590 g/mol. The smallest absolute Gasteiger partial charge is 0.278 e. The molecule has 2 unspecified atom stereocenters. The summed E-state index contributed by atoms with van der Waals surface area (Å²) < 4.78 is 0. The van der Waals surface area contributed by atoms with Crippen molar-refractivity contribution in [2.75, 3.05) is 26.0 Å². The molecule has 0 radical (unpaired) electrons. The standard InChI is InChI=1S/C32H35ClN4O5/c1-18-6-8-21(12-26(18)33)11-25(38)10-19(2)22-13-23(29(39)17-36(4)5)15-24(14-22)35-27-16-30(40)37(32(27)42)28-9-7-20(3)34-31(28)41/h6,8,12-16,19,28,35H,3,7,9-11,17H2,1-2,4-5H3,(H,34,41). The fourth-order valence-electron chi connectivity index (χ4n) is 5.09. The first kappa shape index (κ1) is 30.9. The van der Waals surface area contributed by atoms with Crippen LogP contribution >= 0.6 is 11.6 Å². The molecule has 9 nitrogen and oxygen atoms in total. The molecule has 0 aliphatic carbocycles. The van der Waals surface area contributed by atoms with E-state index in [4.69, 9.17) is 11.6 Å². The third kappa shape index (κ3) is 7.21. The predicted octanol–water partition coefficient (Wildman–Crippen LogP) is 4.16. The number of nitrogens with zero attached hydrogens (tertiary/aromatic N) is 2. The predicted molar refractivity (Wildman–Crippen MR) is 161 cm³/mol. The molecule has 2 heterocycles. The molecule has 42 heavy (non-hydrogen) atoms. The SMILES string of the molecule is C=C1CCC(N2C(=O)C=C(Nc3cc(C(=O)CN(C)C)cc(C(C)CC(=O)Cc4ccc(C)c(Cl)c4)c3)C2=O)C(=O)N1. The van der Waals surface area contributed by atoms with Crippen molar-refractivity contribution in [3.05, 3.63) is 87.7 Å². The summed E-state index contributed by atoms with van der Waals surface area (Å²) in [5, 5.41) is 6.21. The number of likely N-dealkylation sites (N-methyl/N-ethyl adjacent to an activating group) is 1. The Kier molecular flexibility index (Phi) is 9.43. The molecule has 2 aliphatic rings. The molecule has 0 saturated carbocycles. The molecular weight excluding hydrogens is 556 g/mol. The number of anilines is 1. The maximum atomic E-state index is 13.2. The minimum Gasteiger partial charge on any atom is -0.351 e. The van der Waals surface area contributed by atoms with Crippen LogP contribution in [0.5, 0.6) is 0 Å². The van der Waals surface area contributed by atoms with Crippen LogP contribution in [-0.2, 0) is 25.6 Å². The van der Waals surface area contributed by atoms with Crippen molar-refractivity contribution in [2.45, 2.75) is 51.5 Å². The van der Waals surface area contributed by atoms with E-state index in [9.17, 15) is 24.0 Å². The number of ketones is 2. The summed E-state index contributed by atoms with van der Waals surface area (Å²) in [5.41, 5.74) is 3.88. The first-order valence-corrected chi connectivity index (χ1v) is 14.1. The number of Topliss-reactive ketones (excluding diaryl/α,β-unsaturated/α-hetero) is 2. The van der Waals surface area contributed by atoms with Gasteiger partial charge in [-0.25, -0.2) is 0 Å². The van der Waals surface area contributed by atoms with E-state index in [1.807, 2.05) is 26.0 Å². The Morgan fingerprint density at radius 3 is 2.57 bits per heavy atom. The van der Waals surface area contributed by atoms with Crippen LogP contribution in [0.3, 0.4) is 0 Å². The van der Waals surface area contributed by atoms with Crippen molar-refractivity contribution in [3.63, 3.8) is 0 Å². The van der Waals surface area contributed by atoms with Crippen molar-refractivity contribution in [2.24, 2.45) is 0 Å². The molecule has 4 rings (SSSR count). The number of benzene rings is 2. The number of piperidine rings is 1. The highest BCUT2D eigenvalue weighted by molar-refractivity contribution is 6.31. The number of hydrogen-bond donors (Lipinski definition) is 2. The zero-order chi connectivity index (χ0) is 30.7. The number of halogens is 1. The quantitative estimate of drug-likeness (QED) is 0.298. The molecule has 2 atom stereocenters. The first-order chi connectivity index (χ1) is 19.8. The molecule has 1 saturated heterocycles. The number of nitrogens with one attached hydrogen (secondary N) is 2. The summed E-state index contributed by atoms with van der Waals surface area (Å²) in [7, 11) is 3.58. The van der Waals surface area contributed by atoms with Gasteiger partial charge in [0.15, 0.2) is 5.78 Å². The van der Waals surface area contributed by atoms with Gasteiger partial charge >= 0.3 is 0 Å². The van der Waals surface area contributed by atoms with Gasteiger partial charge in [0.1, 0.15) is 17.5 Å². The molecule has 10 heteroatoms. The molecule has 2 aliphatic heterocycles. The van der Waals surface area contributed by atoms with Crippen molar-refractivity contribution in [1.29, 1.82) is 0 Å². The van der Waals surface area contributed by atoms with E-state index in [0.29, 0.717) is 34.8 Å². The van der Waals surface area contributed by atoms with Crippen molar-refractivity contribution < 1.29 is 24.0 Å². The highest BCUT2D eigenvalue weighted by Gasteiger charge is 2.41. The molecule has 3 amide bonds. The minimum absolute atomic E-state index is 0.000313. The van der Waals surface area contributed by atoms with Crippen LogP contribution < -0.4 is 10.6 Å². The van der Waals surface area contributed by atoms with Gasteiger partial charge in [-0.2, -0.15) is 0 Å². The summed E-state index contributed by atoms with van der Waals surface area (Å²) in [6.45, 7) is 7.71. The molecule has 2 aromatic carbocycles. The van der Waals surface area contributed by atoms with E-state index in [1.165, 1.54) is 0 Å². The number of aryl methyl sites for hydroxylation is 1. The molecular formula is C32H35ClN4O5. The zero-order valence-electron chi connectivity index (χ0n) is 24.3. The van der Waals surface area contributed by atoms with Crippen LogP contribution in [0.15, 0.2) is 60.4 Å². The maximum Gasteiger partial charge on any atom is 0.278 e. The number of amides is 3. The number of carbonyl (C=O) groups excluding carboxylic acids is 5. The molecule has 0 spiro atoms. The Bertz CT molecular complexity index is 1510. The number of carbonyl (C=O) groups is 5. The Morgan fingerprint density at radius 1 is 1.17 bits per heavy atom. The van der Waals surface area contributed by atoms with Crippen molar-refractivity contribution in [3.8, 4) is 0 Å². The zero-order valence-corrected chi connectivity index (χ0v) is 25.0. The molecule has 0 bridgehead atoms. The van der Waals surface area contributed by atoms with E-state index >= 15 is 0 Å². The molecule has 0 aromatic heterocycles. The van der Waals surface area contributed by atoms with Gasteiger partial charge in [-0.15, -0.1) is 0 Å². The summed E-state index contributed by atoms with van der Waals surface area (Å²) in [6.07, 6.45) is 2.38. The molecule has 1 fully saturated rings. The fraction of sp³-hybridized carbons (Fsp3) is 0.344. The van der Waals surface area contributed by atoms with Gasteiger partial charge in [0, 0.05) is 40.9 Å². The lowest BCUT2D eigenvalue weighted by molar-refractivity contribution is -0.146. The maximum absolute atomic E-state index is 13.2. The van der Waals surface area contributed by atoms with Gasteiger partial charge in [-0.1, -0.05) is 37.2 Å². The van der Waals surface area contributed by atoms with E-state index in [2.05, 4.69) is 17.2 Å². The Morgan fingerprint density at radius 2 is 1.90 bits per heavy atom. The minimum atomic E-state index is -0.927. The summed E-state index contributed by atoms with van der Waals surface area (Å²) in [6, 6.07) is 9.79. The van der Waals surface area contributed by atoms with Crippen molar-refractivity contribution >= 4 is 46.6 Å². The van der Waals surface area contributed by atoms with Crippen LogP contribution in [-0.4, -0.2) is 65.8 Å². The second-order valence-electron chi connectivity index (χ2n) is 11.3. The lowest BCUT2D eigenvalue weighted by Gasteiger charge is -2.29. The van der Waals surface area contributed by atoms with Gasteiger partial charge in [0.25, 0.3) is 11.8 Å². The normalized spacial score (nSPS) is 17.8. The second-order valence-corrected chi connectivity index (χ2v) is 11.7. The fourth-order valence-corrected chi connectivity index (χ4v) is 5.29. The highest BCUT2D eigenvalue weighted by atomic mass is 35.5. The van der Waals surface area contributed by atoms with E-state index in [-0.39, 0.29) is 42.6 Å². The molecule has 2 aromatic rings. The summed E-state index contributed by atoms with van der Waals surface area (Å²) >= 11 is 6.23. The average Bonchev–Trinajstić information content (AvgIpc) is 3.17. The summed E-state index contributed by atoms with van der Waals surface area (Å²) in [5.74, 6) is -2.03. The van der Waals surface area contributed by atoms with Crippen LogP contribution in [0, 0.1) is 6.92 Å². The highest BCUT2D eigenvalue weighted by Crippen LogP contribution is 2.29. The van der Waals surface area contributed by atoms with Crippen LogP contribution in [0.2, 0.25) is 5.02 Å². The average molecular weight is 591 g/mol. The number of allylic oxidation sites excluding steroid dienone is 1. The number of imide groups is 1. The summed E-state index contributed by atoms with van der Waals surface area (Å²) in [4.78, 5) is 67.2. The van der Waals surface area contributed by atoms with Gasteiger partial charge in [0.2, 0.25) is 5.91 Å². The Balaban J connectivity index is 1.55. The molecule has 2 N–H and O–H groups in total. The number of hydrogen-bond acceptors (Lipinski definition) is 7. The second kappa shape index (κ2) is 12.8. The van der Waals surface area contributed by atoms with E-state index in [1.54, 1.807) is 43.3 Å². The first-order valence-electron chi connectivity index (χ1n) is 13.8. The Hall–Kier alpha value is -4.08. The van der Waals surface area contributed by atoms with Crippen LogP contribution in [0.1, 0.15) is 59.2 Å². The lowest BCUT2D eigenvalue weighted by Crippen LogP contribution is -2.52. The lowest BCUT2D eigenvalue weighted by atomic mass is 9.91. The van der Waals surface area contributed by atoms with Gasteiger partial charge in [-0.05, 0) is 80.7 Å². The largest absolute Gasteiger partial charge is 0.351 e. The van der Waals surface area contributed by atoms with E-state index < -0.39 is 23.8 Å². The van der Waals surface area contributed by atoms with Gasteiger partial charge in [-0.3, -0.25) is 28.9 Å². The molecule has 220 valence electrons. The topological polar surface area (TPSA) is 116 Å². The van der Waals surface area contributed by atoms with Crippen molar-refractivity contribution in [1.82, 2.24) is 15.1 Å². The Labute approximate surface area is 250 Å². The van der Waals surface area contributed by atoms with Crippen LogP contribution in [0.25, 0.3) is 0 Å². The van der Waals surface area contributed by atoms with Gasteiger partial charge < -0.3 is 15.5 Å². The third-order valence-electron chi connectivity index (χ3n) is 7.34. The third-order valence-corrected chi connectivity index (χ3v) is 7.75. The van der Waals surface area contributed by atoms with Crippen LogP contribution in [0.4, 0.5) is 5.69 Å². The van der Waals surface area contributed by atoms with E-state index in [0.717, 1.165) is 27.7 Å².